The first-order valence-corrected chi connectivity index (χ1v) is 5.98. The van der Waals surface area contributed by atoms with Crippen LogP contribution >= 0.6 is 0 Å². The molecule has 1 unspecified atom stereocenters. The maximum absolute atomic E-state index is 12.1. The van der Waals surface area contributed by atoms with Gasteiger partial charge in [0.1, 0.15) is 5.82 Å². The van der Waals surface area contributed by atoms with Crippen LogP contribution in [0.2, 0.25) is 0 Å². The van der Waals surface area contributed by atoms with Crippen molar-refractivity contribution in [3.05, 3.63) is 18.3 Å². The lowest BCUT2D eigenvalue weighted by atomic mass is 10.1. The summed E-state index contributed by atoms with van der Waals surface area (Å²) in [6.07, 6.45) is 2.37. The highest BCUT2D eigenvalue weighted by atomic mass is 16.2. The van der Waals surface area contributed by atoms with E-state index in [1.807, 2.05) is 18.3 Å². The number of amides is 1. The van der Waals surface area contributed by atoms with E-state index in [0.717, 1.165) is 25.5 Å². The minimum atomic E-state index is 0.139. The molecule has 1 fully saturated rings. The van der Waals surface area contributed by atoms with E-state index in [-0.39, 0.29) is 11.9 Å². The molecule has 0 aliphatic carbocycles. The molecule has 0 aromatic carbocycles. The van der Waals surface area contributed by atoms with Crippen LogP contribution < -0.4 is 10.2 Å². The van der Waals surface area contributed by atoms with Crippen LogP contribution in [0.5, 0.6) is 0 Å². The van der Waals surface area contributed by atoms with Crippen molar-refractivity contribution in [3.8, 4) is 0 Å². The minimum absolute atomic E-state index is 0.139. The molecule has 1 aromatic rings. The van der Waals surface area contributed by atoms with Gasteiger partial charge in [-0.15, -0.1) is 0 Å². The van der Waals surface area contributed by atoms with Gasteiger partial charge in [-0.2, -0.15) is 0 Å². The zero-order chi connectivity index (χ0) is 12.3. The first-order valence-electron chi connectivity index (χ1n) is 5.98. The van der Waals surface area contributed by atoms with Crippen LogP contribution in [0.15, 0.2) is 18.3 Å². The first kappa shape index (κ1) is 12.1. The standard InChI is InChI=1S/C12H20N4O/c1-15-7-6-13-10(9-15)8-12(17)16(2)11-4-3-5-14-11/h3-5,10,13-14H,6-9H2,1-2H3. The van der Waals surface area contributed by atoms with Crippen molar-refractivity contribution < 1.29 is 4.79 Å². The third-order valence-electron chi connectivity index (χ3n) is 3.20. The van der Waals surface area contributed by atoms with E-state index in [4.69, 9.17) is 0 Å². The molecule has 2 heterocycles. The summed E-state index contributed by atoms with van der Waals surface area (Å²) < 4.78 is 0. The van der Waals surface area contributed by atoms with Gasteiger partial charge in [-0.3, -0.25) is 4.79 Å². The Morgan fingerprint density at radius 3 is 3.12 bits per heavy atom. The van der Waals surface area contributed by atoms with E-state index in [9.17, 15) is 4.79 Å². The third-order valence-corrected chi connectivity index (χ3v) is 3.20. The molecule has 94 valence electrons. The average molecular weight is 236 g/mol. The Bertz CT molecular complexity index is 363. The summed E-state index contributed by atoms with van der Waals surface area (Å²) in [5, 5.41) is 3.38. The zero-order valence-electron chi connectivity index (χ0n) is 10.4. The molecule has 0 saturated carbocycles. The normalized spacial score (nSPS) is 21.4. The van der Waals surface area contributed by atoms with Crippen LogP contribution in [-0.2, 0) is 4.79 Å². The molecular formula is C12H20N4O. The van der Waals surface area contributed by atoms with Crippen molar-refractivity contribution in [2.24, 2.45) is 0 Å². The van der Waals surface area contributed by atoms with Gasteiger partial charge in [-0.05, 0) is 19.2 Å². The van der Waals surface area contributed by atoms with E-state index >= 15 is 0 Å². The fourth-order valence-corrected chi connectivity index (χ4v) is 2.14. The van der Waals surface area contributed by atoms with E-state index in [0.29, 0.717) is 6.42 Å². The van der Waals surface area contributed by atoms with Crippen LogP contribution in [-0.4, -0.2) is 55.6 Å². The van der Waals surface area contributed by atoms with Gasteiger partial charge in [0.15, 0.2) is 0 Å². The Hall–Kier alpha value is -1.33. The van der Waals surface area contributed by atoms with Crippen LogP contribution in [0.4, 0.5) is 5.82 Å². The molecule has 1 amide bonds. The van der Waals surface area contributed by atoms with Gasteiger partial charge >= 0.3 is 0 Å². The quantitative estimate of drug-likeness (QED) is 0.792. The van der Waals surface area contributed by atoms with Crippen LogP contribution in [0.25, 0.3) is 0 Å². The topological polar surface area (TPSA) is 51.4 Å². The molecule has 1 aromatic heterocycles. The summed E-state index contributed by atoms with van der Waals surface area (Å²) in [6, 6.07) is 4.06. The number of anilines is 1. The number of piperazine rings is 1. The van der Waals surface area contributed by atoms with E-state index < -0.39 is 0 Å². The second-order valence-corrected chi connectivity index (χ2v) is 4.63. The van der Waals surface area contributed by atoms with Crippen LogP contribution in [0.3, 0.4) is 0 Å². The van der Waals surface area contributed by atoms with Gasteiger partial charge in [-0.25, -0.2) is 0 Å². The van der Waals surface area contributed by atoms with Crippen molar-refractivity contribution in [2.75, 3.05) is 38.6 Å². The molecule has 1 saturated heterocycles. The Kier molecular flexibility index (Phi) is 3.81. The summed E-state index contributed by atoms with van der Waals surface area (Å²) in [5.74, 6) is 0.986. The van der Waals surface area contributed by atoms with Crippen molar-refractivity contribution in [1.29, 1.82) is 0 Å². The van der Waals surface area contributed by atoms with Gasteiger partial charge in [0.05, 0.1) is 0 Å². The number of H-pyrrole nitrogens is 1. The number of nitrogens with zero attached hydrogens (tertiary/aromatic N) is 2. The second-order valence-electron chi connectivity index (χ2n) is 4.63. The Morgan fingerprint density at radius 1 is 1.65 bits per heavy atom. The van der Waals surface area contributed by atoms with Gasteiger partial charge < -0.3 is 20.1 Å². The molecule has 5 heteroatoms. The van der Waals surface area contributed by atoms with Crippen molar-refractivity contribution in [2.45, 2.75) is 12.5 Å². The number of nitrogens with one attached hydrogen (secondary N) is 2. The highest BCUT2D eigenvalue weighted by Crippen LogP contribution is 2.11. The lowest BCUT2D eigenvalue weighted by Gasteiger charge is -2.31. The monoisotopic (exact) mass is 236 g/mol. The van der Waals surface area contributed by atoms with Crippen molar-refractivity contribution in [3.63, 3.8) is 0 Å². The Labute approximate surface area is 102 Å². The molecule has 1 atom stereocenters. The van der Waals surface area contributed by atoms with Gasteiger partial charge in [0, 0.05) is 45.3 Å². The predicted octanol–water partition coefficient (Wildman–Crippen LogP) is 0.271. The molecule has 0 bridgehead atoms. The first-order chi connectivity index (χ1) is 8.16. The fraction of sp³-hybridized carbons (Fsp3) is 0.583. The second kappa shape index (κ2) is 5.33. The maximum atomic E-state index is 12.1. The smallest absolute Gasteiger partial charge is 0.229 e. The summed E-state index contributed by atoms with van der Waals surface area (Å²) in [5.41, 5.74) is 0. The number of likely N-dealkylation sites (N-methyl/N-ethyl adjacent to an activating group) is 1. The van der Waals surface area contributed by atoms with Crippen molar-refractivity contribution in [1.82, 2.24) is 15.2 Å². The van der Waals surface area contributed by atoms with Crippen molar-refractivity contribution >= 4 is 11.7 Å². The third kappa shape index (κ3) is 3.08. The summed E-state index contributed by atoms with van der Waals surface area (Å²) in [7, 11) is 3.90. The SMILES string of the molecule is CN1CCNC(CC(=O)N(C)c2ccc[nH]2)C1. The molecule has 5 nitrogen and oxygen atoms in total. The van der Waals surface area contributed by atoms with Gasteiger partial charge in [0.2, 0.25) is 5.91 Å². The van der Waals surface area contributed by atoms with Crippen LogP contribution in [0, 0.1) is 0 Å². The van der Waals surface area contributed by atoms with Gasteiger partial charge in [-0.1, -0.05) is 0 Å². The lowest BCUT2D eigenvalue weighted by Crippen LogP contribution is -2.50. The fourth-order valence-electron chi connectivity index (χ4n) is 2.14. The number of carbonyl (C=O) groups excluding carboxylic acids is 1. The predicted molar refractivity (Wildman–Crippen MR) is 68.1 cm³/mol. The molecule has 0 spiro atoms. The largest absolute Gasteiger partial charge is 0.348 e. The molecule has 0 radical (unpaired) electrons. The highest BCUT2D eigenvalue weighted by Gasteiger charge is 2.21. The van der Waals surface area contributed by atoms with E-state index in [2.05, 4.69) is 22.2 Å². The summed E-state index contributed by atoms with van der Waals surface area (Å²) >= 11 is 0. The number of aromatic nitrogens is 1. The minimum Gasteiger partial charge on any atom is -0.348 e. The van der Waals surface area contributed by atoms with E-state index in [1.54, 1.807) is 11.9 Å². The average Bonchev–Trinajstić information content (AvgIpc) is 2.81. The number of hydrogen-bond donors (Lipinski definition) is 2. The molecule has 1 aliphatic rings. The lowest BCUT2D eigenvalue weighted by molar-refractivity contribution is -0.119. The van der Waals surface area contributed by atoms with E-state index in [1.165, 1.54) is 0 Å². The number of rotatable bonds is 3. The molecule has 17 heavy (non-hydrogen) atoms. The number of carbonyl (C=O) groups is 1. The summed E-state index contributed by atoms with van der Waals surface area (Å²) in [6.45, 7) is 2.95. The van der Waals surface area contributed by atoms with Gasteiger partial charge in [0.25, 0.3) is 0 Å². The Balaban J connectivity index is 1.88. The van der Waals surface area contributed by atoms with Crippen LogP contribution in [0.1, 0.15) is 6.42 Å². The number of hydrogen-bond acceptors (Lipinski definition) is 3. The molecule has 2 rings (SSSR count). The molecular weight excluding hydrogens is 216 g/mol. The summed E-state index contributed by atoms with van der Waals surface area (Å²) in [4.78, 5) is 19.0. The molecule has 1 aliphatic heterocycles. The maximum Gasteiger partial charge on any atom is 0.229 e. The Morgan fingerprint density at radius 2 is 2.47 bits per heavy atom. The number of aromatic amines is 1. The zero-order valence-corrected chi connectivity index (χ0v) is 10.4. The molecule has 2 N–H and O–H groups in total. The highest BCUT2D eigenvalue weighted by molar-refractivity contribution is 5.92.